The summed E-state index contributed by atoms with van der Waals surface area (Å²) < 4.78 is 21.1. The molecule has 36 heavy (non-hydrogen) atoms. The predicted octanol–water partition coefficient (Wildman–Crippen LogP) is 4.47. The number of para-hydroxylation sites is 1. The summed E-state index contributed by atoms with van der Waals surface area (Å²) in [5, 5.41) is 14.5. The number of halogens is 1. The molecule has 0 unspecified atom stereocenters. The van der Waals surface area contributed by atoms with Crippen LogP contribution in [-0.4, -0.2) is 38.9 Å². The van der Waals surface area contributed by atoms with Crippen molar-refractivity contribution in [1.82, 2.24) is 20.1 Å². The van der Waals surface area contributed by atoms with Crippen molar-refractivity contribution in [2.45, 2.75) is 18.6 Å². The summed E-state index contributed by atoms with van der Waals surface area (Å²) in [6, 6.07) is 22.2. The Hall–Kier alpha value is -4.18. The van der Waals surface area contributed by atoms with Gasteiger partial charge in [0.05, 0.1) is 24.5 Å². The lowest BCUT2D eigenvalue weighted by atomic mass is 10.2. The highest BCUT2D eigenvalue weighted by molar-refractivity contribution is 7.99. The van der Waals surface area contributed by atoms with Gasteiger partial charge in [0, 0.05) is 11.4 Å². The zero-order valence-corrected chi connectivity index (χ0v) is 20.3. The van der Waals surface area contributed by atoms with Crippen LogP contribution in [0, 0.1) is 5.82 Å². The molecule has 2 amide bonds. The van der Waals surface area contributed by atoms with Crippen molar-refractivity contribution in [3.05, 3.63) is 96.1 Å². The summed E-state index contributed by atoms with van der Waals surface area (Å²) in [6.07, 6.45) is 0. The van der Waals surface area contributed by atoms with Gasteiger partial charge in [-0.3, -0.25) is 14.2 Å². The van der Waals surface area contributed by atoms with Gasteiger partial charge in [-0.2, -0.15) is 0 Å². The molecule has 0 spiro atoms. The number of aromatic nitrogens is 3. The average Bonchev–Trinajstić information content (AvgIpc) is 3.31. The molecule has 0 fully saturated rings. The number of nitrogens with zero attached hydrogens (tertiary/aromatic N) is 3. The van der Waals surface area contributed by atoms with Gasteiger partial charge < -0.3 is 15.4 Å². The van der Waals surface area contributed by atoms with Crippen LogP contribution in [0.1, 0.15) is 23.1 Å². The Bertz CT molecular complexity index is 1330. The fourth-order valence-corrected chi connectivity index (χ4v) is 4.14. The minimum absolute atomic E-state index is 0.0218. The number of carbonyl (C=O) groups excluding carboxylic acids is 2. The van der Waals surface area contributed by atoms with E-state index >= 15 is 0 Å². The summed E-state index contributed by atoms with van der Waals surface area (Å²) >= 11 is 1.21. The van der Waals surface area contributed by atoms with Crippen molar-refractivity contribution in [2.24, 2.45) is 0 Å². The maximum Gasteiger partial charge on any atom is 0.254 e. The van der Waals surface area contributed by atoms with Crippen LogP contribution in [0.25, 0.3) is 5.69 Å². The van der Waals surface area contributed by atoms with Crippen LogP contribution in [0.2, 0.25) is 0 Å². The Kier molecular flexibility index (Phi) is 8.30. The van der Waals surface area contributed by atoms with Crippen molar-refractivity contribution in [2.75, 3.05) is 17.7 Å². The average molecular weight is 506 g/mol. The molecular formula is C26H24FN5O3S. The normalized spacial score (nSPS) is 10.6. The lowest BCUT2D eigenvalue weighted by molar-refractivity contribution is -0.113. The second-order valence-corrected chi connectivity index (χ2v) is 8.47. The Morgan fingerprint density at radius 3 is 2.42 bits per heavy atom. The fourth-order valence-electron chi connectivity index (χ4n) is 3.37. The van der Waals surface area contributed by atoms with Crippen LogP contribution >= 0.6 is 11.8 Å². The van der Waals surface area contributed by atoms with E-state index in [9.17, 15) is 14.0 Å². The van der Waals surface area contributed by atoms with Crippen LogP contribution in [0.4, 0.5) is 10.1 Å². The molecule has 0 saturated carbocycles. The van der Waals surface area contributed by atoms with Gasteiger partial charge >= 0.3 is 0 Å². The van der Waals surface area contributed by atoms with Crippen LogP contribution < -0.4 is 15.4 Å². The molecule has 0 radical (unpaired) electrons. The highest BCUT2D eigenvalue weighted by atomic mass is 32.2. The molecule has 1 heterocycles. The molecule has 0 atom stereocenters. The molecule has 4 aromatic rings. The van der Waals surface area contributed by atoms with Crippen molar-refractivity contribution in [1.29, 1.82) is 0 Å². The van der Waals surface area contributed by atoms with Crippen molar-refractivity contribution >= 4 is 29.3 Å². The SMILES string of the molecule is CCOc1ccc(NC(=O)CSc2nnc(CNC(=O)c3ccccc3F)n2-c2ccccc2)cc1. The fraction of sp³-hybridized carbons (Fsp3) is 0.154. The van der Waals surface area contributed by atoms with E-state index in [1.807, 2.05) is 37.3 Å². The molecule has 1 aromatic heterocycles. The molecule has 3 aromatic carbocycles. The van der Waals surface area contributed by atoms with Crippen LogP contribution in [0.15, 0.2) is 84.0 Å². The monoisotopic (exact) mass is 505 g/mol. The smallest absolute Gasteiger partial charge is 0.254 e. The van der Waals surface area contributed by atoms with E-state index in [0.29, 0.717) is 23.3 Å². The number of amides is 2. The van der Waals surface area contributed by atoms with Crippen molar-refractivity contribution in [3.63, 3.8) is 0 Å². The van der Waals surface area contributed by atoms with E-state index in [4.69, 9.17) is 4.74 Å². The number of benzene rings is 3. The van der Waals surface area contributed by atoms with Gasteiger partial charge in [-0.25, -0.2) is 4.39 Å². The van der Waals surface area contributed by atoms with Gasteiger partial charge in [-0.05, 0) is 55.5 Å². The number of thioether (sulfide) groups is 1. The number of anilines is 1. The maximum atomic E-state index is 14.0. The Labute approximate surface area is 211 Å². The van der Waals surface area contributed by atoms with Crippen LogP contribution in [-0.2, 0) is 11.3 Å². The quantitative estimate of drug-likeness (QED) is 0.309. The first kappa shape index (κ1) is 24.9. The van der Waals surface area contributed by atoms with E-state index in [1.165, 1.54) is 30.0 Å². The number of carbonyl (C=O) groups is 2. The van der Waals surface area contributed by atoms with Crippen LogP contribution in [0.3, 0.4) is 0 Å². The van der Waals surface area contributed by atoms with Crippen molar-refractivity contribution < 1.29 is 18.7 Å². The van der Waals surface area contributed by atoms with E-state index in [1.54, 1.807) is 34.9 Å². The third kappa shape index (κ3) is 6.28. The van der Waals surface area contributed by atoms with Gasteiger partial charge in [0.2, 0.25) is 5.91 Å². The number of hydrogen-bond acceptors (Lipinski definition) is 6. The van der Waals surface area contributed by atoms with Gasteiger partial charge in [0.15, 0.2) is 11.0 Å². The van der Waals surface area contributed by atoms with Crippen molar-refractivity contribution in [3.8, 4) is 11.4 Å². The first-order chi connectivity index (χ1) is 17.5. The summed E-state index contributed by atoms with van der Waals surface area (Å²) in [5.41, 5.74) is 1.38. The summed E-state index contributed by atoms with van der Waals surface area (Å²) in [7, 11) is 0. The van der Waals surface area contributed by atoms with Gasteiger partial charge in [0.1, 0.15) is 11.6 Å². The second-order valence-electron chi connectivity index (χ2n) is 7.53. The highest BCUT2D eigenvalue weighted by Crippen LogP contribution is 2.23. The van der Waals surface area contributed by atoms with Gasteiger partial charge in [-0.15, -0.1) is 10.2 Å². The van der Waals surface area contributed by atoms with E-state index in [2.05, 4.69) is 20.8 Å². The Morgan fingerprint density at radius 1 is 0.972 bits per heavy atom. The molecule has 0 bridgehead atoms. The van der Waals surface area contributed by atoms with E-state index < -0.39 is 11.7 Å². The predicted molar refractivity (Wildman–Crippen MR) is 136 cm³/mol. The van der Waals surface area contributed by atoms with Gasteiger partial charge in [-0.1, -0.05) is 42.1 Å². The standard InChI is InChI=1S/C26H24FN5O3S/c1-2-35-20-14-12-18(13-15-20)29-24(33)17-36-26-31-30-23(32(26)19-8-4-3-5-9-19)16-28-25(34)21-10-6-7-11-22(21)27/h3-15H,2,16-17H2,1H3,(H,28,34)(H,29,33). The first-order valence-electron chi connectivity index (χ1n) is 11.2. The lowest BCUT2D eigenvalue weighted by Gasteiger charge is -2.11. The number of ether oxygens (including phenoxy) is 1. The minimum Gasteiger partial charge on any atom is -0.494 e. The summed E-state index contributed by atoms with van der Waals surface area (Å²) in [6.45, 7) is 2.50. The van der Waals surface area contributed by atoms with E-state index in [-0.39, 0.29) is 23.8 Å². The number of hydrogen-bond donors (Lipinski definition) is 2. The Morgan fingerprint density at radius 2 is 1.69 bits per heavy atom. The zero-order valence-electron chi connectivity index (χ0n) is 19.5. The largest absolute Gasteiger partial charge is 0.494 e. The molecule has 184 valence electrons. The molecule has 2 N–H and O–H groups in total. The first-order valence-corrected chi connectivity index (χ1v) is 12.2. The third-order valence-electron chi connectivity index (χ3n) is 5.02. The molecule has 0 saturated heterocycles. The minimum atomic E-state index is -0.602. The Balaban J connectivity index is 1.45. The molecule has 0 aliphatic heterocycles. The summed E-state index contributed by atoms with van der Waals surface area (Å²) in [5.74, 6) is -0.0920. The molecular weight excluding hydrogens is 481 g/mol. The topological polar surface area (TPSA) is 98.1 Å². The summed E-state index contributed by atoms with van der Waals surface area (Å²) in [4.78, 5) is 25.0. The number of rotatable bonds is 10. The third-order valence-corrected chi connectivity index (χ3v) is 5.95. The van der Waals surface area contributed by atoms with E-state index in [0.717, 1.165) is 11.4 Å². The maximum absolute atomic E-state index is 14.0. The molecule has 10 heteroatoms. The zero-order chi connectivity index (χ0) is 25.3. The van der Waals surface area contributed by atoms with Crippen LogP contribution in [0.5, 0.6) is 5.75 Å². The molecule has 0 aliphatic carbocycles. The molecule has 8 nitrogen and oxygen atoms in total. The highest BCUT2D eigenvalue weighted by Gasteiger charge is 2.18. The van der Waals surface area contributed by atoms with Gasteiger partial charge in [0.25, 0.3) is 5.91 Å². The lowest BCUT2D eigenvalue weighted by Crippen LogP contribution is -2.25. The molecule has 4 rings (SSSR count). The number of nitrogens with one attached hydrogen (secondary N) is 2. The molecule has 0 aliphatic rings. The second kappa shape index (κ2) is 12.0.